The number of aliphatic hydroxyl groups excluding tert-OH is 6. The van der Waals surface area contributed by atoms with Crippen LogP contribution in [-0.4, -0.2) is 109 Å². The Kier molecular flexibility index (Phi) is 34.3. The SMILES string of the molecule is C=C(O)C1CC(C)C(C)CC1C(=O)O.CC(C(=O)O)C(C)C(=O)O.CCC(C)CO.CCC(CC)(CO)CO.CCC(O)CO.CCC1CO1. The van der Waals surface area contributed by atoms with Crippen LogP contribution in [0.25, 0.3) is 0 Å². The summed E-state index contributed by atoms with van der Waals surface area (Å²) in [5, 5.41) is 77.5. The molecule has 0 aromatic rings. The first-order valence-electron chi connectivity index (χ1n) is 18.0. The maximum Gasteiger partial charge on any atom is 0.307 e. The van der Waals surface area contributed by atoms with E-state index in [1.165, 1.54) is 20.3 Å². The number of epoxide rings is 1. The third-order valence-electron chi connectivity index (χ3n) is 9.70. The van der Waals surface area contributed by atoms with Gasteiger partial charge in [-0.1, -0.05) is 82.2 Å². The van der Waals surface area contributed by atoms with E-state index in [9.17, 15) is 19.5 Å². The van der Waals surface area contributed by atoms with Crippen LogP contribution < -0.4 is 0 Å². The quantitative estimate of drug-likeness (QED) is 0.0825. The third-order valence-corrected chi connectivity index (χ3v) is 9.70. The summed E-state index contributed by atoms with van der Waals surface area (Å²) in [4.78, 5) is 31.3. The van der Waals surface area contributed by atoms with E-state index in [1.807, 2.05) is 27.7 Å². The second-order valence-corrected chi connectivity index (χ2v) is 13.5. The lowest BCUT2D eigenvalue weighted by Gasteiger charge is -2.36. The van der Waals surface area contributed by atoms with Crippen LogP contribution in [0.5, 0.6) is 0 Å². The summed E-state index contributed by atoms with van der Waals surface area (Å²) in [6.45, 7) is 23.8. The molecule has 0 amide bonds. The highest BCUT2D eigenvalue weighted by atomic mass is 16.6. The van der Waals surface area contributed by atoms with Crippen molar-refractivity contribution < 1.29 is 65.1 Å². The number of ether oxygens (including phenoxy) is 1. The molecule has 1 aliphatic heterocycles. The van der Waals surface area contributed by atoms with Gasteiger partial charge in [-0.2, -0.15) is 0 Å². The summed E-state index contributed by atoms with van der Waals surface area (Å²) in [7, 11) is 0. The fourth-order valence-electron chi connectivity index (χ4n) is 3.97. The maximum absolute atomic E-state index is 11.0. The zero-order valence-electron chi connectivity index (χ0n) is 32.5. The zero-order chi connectivity index (χ0) is 40.2. The molecule has 1 aliphatic carbocycles. The van der Waals surface area contributed by atoms with Gasteiger partial charge in [-0.25, -0.2) is 0 Å². The van der Waals surface area contributed by atoms with Crippen LogP contribution in [0.1, 0.15) is 114 Å². The van der Waals surface area contributed by atoms with Crippen molar-refractivity contribution in [2.75, 3.05) is 33.0 Å². The molecule has 300 valence electrons. The van der Waals surface area contributed by atoms with Crippen LogP contribution in [0.4, 0.5) is 0 Å². The van der Waals surface area contributed by atoms with E-state index in [4.69, 9.17) is 45.6 Å². The average molecular weight is 727 g/mol. The van der Waals surface area contributed by atoms with Crippen LogP contribution >= 0.6 is 0 Å². The van der Waals surface area contributed by atoms with Gasteiger partial charge in [0.15, 0.2) is 0 Å². The van der Waals surface area contributed by atoms with E-state index in [-0.39, 0.29) is 36.9 Å². The molecule has 13 nitrogen and oxygen atoms in total. The Morgan fingerprint density at radius 2 is 1.14 bits per heavy atom. The standard InChI is InChI=1S/C11H18O3.C7H16O2.C6H10O4.C5H12O.C4H10O2.C4H8O/c1-6-4-9(8(3)12)10(11(13)14)5-7(6)2;1-3-7(4-2,5-8)6-9;1-3(5(7)8)4(2)6(9)10;1-3-5(2)4-6;1-2-4(6)3-5;1-2-4-3-5-4/h6-7,9-10,12H,3-5H2,1-2H3,(H,13,14);8-9H,3-6H2,1-2H3;3-4H,1-2H3,(H,7,8)(H,9,10);5-6H,3-4H2,1-2H3;4-6H,2-3H2,1H3;4H,2-3H2,1H3. The summed E-state index contributed by atoms with van der Waals surface area (Å²) in [5.41, 5.74) is -0.222. The molecule has 9 unspecified atom stereocenters. The topological polar surface area (TPSA) is 246 Å². The van der Waals surface area contributed by atoms with Gasteiger partial charge in [-0.3, -0.25) is 14.4 Å². The van der Waals surface area contributed by atoms with Crippen molar-refractivity contribution in [3.63, 3.8) is 0 Å². The number of hydrogen-bond donors (Lipinski definition) is 9. The minimum Gasteiger partial charge on any atom is -0.513 e. The van der Waals surface area contributed by atoms with Gasteiger partial charge in [-0.15, -0.1) is 0 Å². The van der Waals surface area contributed by atoms with Gasteiger partial charge < -0.3 is 50.7 Å². The molecule has 9 atom stereocenters. The molecule has 0 radical (unpaired) electrons. The van der Waals surface area contributed by atoms with E-state index in [1.54, 1.807) is 0 Å². The Labute approximate surface area is 301 Å². The van der Waals surface area contributed by atoms with Gasteiger partial charge in [0.05, 0.1) is 62.1 Å². The number of carbonyl (C=O) groups is 3. The fraction of sp³-hybridized carbons (Fsp3) is 0.865. The Morgan fingerprint density at radius 1 is 0.740 bits per heavy atom. The largest absolute Gasteiger partial charge is 0.513 e. The monoisotopic (exact) mass is 727 g/mol. The van der Waals surface area contributed by atoms with E-state index < -0.39 is 41.8 Å². The van der Waals surface area contributed by atoms with Crippen LogP contribution in [0.15, 0.2) is 12.3 Å². The summed E-state index contributed by atoms with van der Waals surface area (Å²) in [5.74, 6) is -3.95. The molecule has 0 aromatic heterocycles. The second-order valence-electron chi connectivity index (χ2n) is 13.5. The first kappa shape index (κ1) is 54.5. The van der Waals surface area contributed by atoms with Gasteiger partial charge in [0.1, 0.15) is 0 Å². The Balaban J connectivity index is -0.000000264. The third kappa shape index (κ3) is 26.5. The lowest BCUT2D eigenvalue weighted by atomic mass is 9.69. The molecule has 1 saturated heterocycles. The Morgan fingerprint density at radius 3 is 1.26 bits per heavy atom. The minimum atomic E-state index is -1.07. The average Bonchev–Trinajstić information content (AvgIpc) is 3.95. The van der Waals surface area contributed by atoms with Crippen LogP contribution in [-0.2, 0) is 19.1 Å². The molecule has 50 heavy (non-hydrogen) atoms. The molecule has 13 heteroatoms. The number of hydrogen-bond acceptors (Lipinski definition) is 10. The smallest absolute Gasteiger partial charge is 0.307 e. The number of rotatable bonds is 14. The molecule has 0 spiro atoms. The maximum atomic E-state index is 11.0. The van der Waals surface area contributed by atoms with E-state index >= 15 is 0 Å². The molecule has 2 rings (SSSR count). The lowest BCUT2D eigenvalue weighted by molar-refractivity contribution is -0.152. The first-order valence-corrected chi connectivity index (χ1v) is 18.0. The normalized spacial score (nSPS) is 22.8. The van der Waals surface area contributed by atoms with E-state index in [2.05, 4.69) is 34.3 Å². The molecule has 0 aromatic carbocycles. The van der Waals surface area contributed by atoms with Gasteiger partial charge in [0, 0.05) is 17.9 Å². The number of aliphatic carboxylic acids is 3. The molecule has 1 saturated carbocycles. The van der Waals surface area contributed by atoms with Crippen molar-refractivity contribution in [2.45, 2.75) is 126 Å². The lowest BCUT2D eigenvalue weighted by Crippen LogP contribution is -2.35. The molecule has 2 aliphatic rings. The molecular formula is C37H74O13. The van der Waals surface area contributed by atoms with Crippen molar-refractivity contribution in [3.8, 4) is 0 Å². The predicted molar refractivity (Wildman–Crippen MR) is 195 cm³/mol. The highest BCUT2D eigenvalue weighted by Crippen LogP contribution is 2.40. The van der Waals surface area contributed by atoms with Crippen molar-refractivity contribution in [3.05, 3.63) is 12.3 Å². The van der Waals surface area contributed by atoms with Gasteiger partial charge in [-0.05, 0) is 56.3 Å². The van der Waals surface area contributed by atoms with Crippen molar-refractivity contribution >= 4 is 17.9 Å². The predicted octanol–water partition coefficient (Wildman–Crippen LogP) is 5.22. The first-order chi connectivity index (χ1) is 23.2. The van der Waals surface area contributed by atoms with Crippen molar-refractivity contribution in [1.29, 1.82) is 0 Å². The molecular weight excluding hydrogens is 652 g/mol. The number of aliphatic hydroxyl groups is 6. The van der Waals surface area contributed by atoms with Gasteiger partial charge >= 0.3 is 17.9 Å². The number of carboxylic acids is 3. The minimum absolute atomic E-state index is 0.0242. The number of allylic oxidation sites excluding steroid dienone is 1. The summed E-state index contributed by atoms with van der Waals surface area (Å²) < 4.78 is 4.86. The summed E-state index contributed by atoms with van der Waals surface area (Å²) >= 11 is 0. The highest BCUT2D eigenvalue weighted by Gasteiger charge is 2.38. The van der Waals surface area contributed by atoms with Gasteiger partial charge in [0.2, 0.25) is 0 Å². The fourth-order valence-corrected chi connectivity index (χ4v) is 3.97. The van der Waals surface area contributed by atoms with Gasteiger partial charge in [0.25, 0.3) is 0 Å². The summed E-state index contributed by atoms with van der Waals surface area (Å²) in [6, 6.07) is 0. The molecule has 0 bridgehead atoms. The summed E-state index contributed by atoms with van der Waals surface area (Å²) in [6.07, 6.45) is 6.09. The van der Waals surface area contributed by atoms with Crippen LogP contribution in [0.2, 0.25) is 0 Å². The van der Waals surface area contributed by atoms with E-state index in [0.29, 0.717) is 43.3 Å². The second kappa shape index (κ2) is 31.4. The van der Waals surface area contributed by atoms with Crippen molar-refractivity contribution in [2.24, 2.45) is 46.8 Å². The number of carboxylic acid groups (broad SMARTS) is 3. The van der Waals surface area contributed by atoms with Crippen LogP contribution in [0, 0.1) is 46.8 Å². The van der Waals surface area contributed by atoms with Crippen molar-refractivity contribution in [1.82, 2.24) is 0 Å². The van der Waals surface area contributed by atoms with E-state index in [0.717, 1.165) is 32.3 Å². The van der Waals surface area contributed by atoms with Crippen LogP contribution in [0.3, 0.4) is 0 Å². The zero-order valence-corrected chi connectivity index (χ0v) is 32.5. The molecule has 9 N–H and O–H groups in total. The molecule has 2 fully saturated rings. The Bertz CT molecular complexity index is 794. The molecule has 1 heterocycles. The Hall–Kier alpha value is -2.29. The highest BCUT2D eigenvalue weighted by molar-refractivity contribution is 5.79.